The summed E-state index contributed by atoms with van der Waals surface area (Å²) in [5.74, 6) is 0.772. The van der Waals surface area contributed by atoms with E-state index < -0.39 is 0 Å². The molecule has 2 amide bonds. The maximum atomic E-state index is 13.0. The second-order valence-corrected chi connectivity index (χ2v) is 8.13. The van der Waals surface area contributed by atoms with Gasteiger partial charge < -0.3 is 4.74 Å². The van der Waals surface area contributed by atoms with E-state index in [0.29, 0.717) is 17.9 Å². The first-order chi connectivity index (χ1) is 15.1. The Balaban J connectivity index is 1.39. The molecule has 0 unspecified atom stereocenters. The van der Waals surface area contributed by atoms with Gasteiger partial charge in [-0.2, -0.15) is 0 Å². The van der Waals surface area contributed by atoms with E-state index in [2.05, 4.69) is 0 Å². The van der Waals surface area contributed by atoms with Crippen LogP contribution >= 0.6 is 0 Å². The van der Waals surface area contributed by atoms with Crippen molar-refractivity contribution in [3.63, 3.8) is 0 Å². The maximum absolute atomic E-state index is 13.0. The van der Waals surface area contributed by atoms with Crippen LogP contribution in [0.15, 0.2) is 91.0 Å². The molecule has 0 N–H and O–H groups in total. The highest BCUT2D eigenvalue weighted by Gasteiger charge is 2.50. The lowest BCUT2D eigenvalue weighted by Crippen LogP contribution is -2.31. The molecule has 0 spiro atoms. The van der Waals surface area contributed by atoms with E-state index in [-0.39, 0.29) is 29.6 Å². The lowest BCUT2D eigenvalue weighted by atomic mass is 9.78. The molecule has 31 heavy (non-hydrogen) atoms. The number of hydrogen-bond acceptors (Lipinski definition) is 3. The zero-order valence-corrected chi connectivity index (χ0v) is 17.3. The highest BCUT2D eigenvalue weighted by Crippen LogP contribution is 2.41. The van der Waals surface area contributed by atoms with Crippen LogP contribution in [0.2, 0.25) is 0 Å². The molecule has 4 nitrogen and oxygen atoms in total. The van der Waals surface area contributed by atoms with Crippen molar-refractivity contribution in [1.29, 1.82) is 0 Å². The number of rotatable bonds is 4. The van der Waals surface area contributed by atoms with E-state index in [0.717, 1.165) is 16.9 Å². The second-order valence-electron chi connectivity index (χ2n) is 8.13. The SMILES string of the molecule is C[C@@H]1C=CC[C@@H]2C(=O)N(c3ccc(Oc4ccccc4-c4ccccc4)cc3)C(=O)[C@H]12. The van der Waals surface area contributed by atoms with Crippen molar-refractivity contribution in [3.8, 4) is 22.6 Å². The van der Waals surface area contributed by atoms with Gasteiger partial charge in [0.15, 0.2) is 0 Å². The van der Waals surface area contributed by atoms with Crippen molar-refractivity contribution < 1.29 is 14.3 Å². The average molecular weight is 409 g/mol. The Labute approximate surface area is 181 Å². The molecular formula is C27H23NO3. The predicted molar refractivity (Wildman–Crippen MR) is 121 cm³/mol. The first-order valence-electron chi connectivity index (χ1n) is 10.6. The molecule has 2 aliphatic rings. The van der Waals surface area contributed by atoms with Crippen molar-refractivity contribution in [2.75, 3.05) is 4.90 Å². The fourth-order valence-electron chi connectivity index (χ4n) is 4.60. The van der Waals surface area contributed by atoms with Crippen LogP contribution in [0.4, 0.5) is 5.69 Å². The number of fused-ring (bicyclic) bond motifs is 1. The minimum atomic E-state index is -0.258. The normalized spacial score (nSPS) is 22.5. The number of amides is 2. The molecule has 1 aliphatic heterocycles. The number of carbonyl (C=O) groups is 2. The number of imide groups is 1. The van der Waals surface area contributed by atoms with Crippen LogP contribution in [0.3, 0.4) is 0 Å². The summed E-state index contributed by atoms with van der Waals surface area (Å²) in [6, 6.07) is 25.1. The number of allylic oxidation sites excluding steroid dienone is 2. The average Bonchev–Trinajstić information content (AvgIpc) is 3.06. The Morgan fingerprint density at radius 2 is 1.55 bits per heavy atom. The van der Waals surface area contributed by atoms with Gasteiger partial charge in [-0.15, -0.1) is 0 Å². The zero-order chi connectivity index (χ0) is 21.4. The lowest BCUT2D eigenvalue weighted by molar-refractivity contribution is -0.122. The van der Waals surface area contributed by atoms with Crippen molar-refractivity contribution in [2.24, 2.45) is 17.8 Å². The van der Waals surface area contributed by atoms with Gasteiger partial charge in [0.05, 0.1) is 17.5 Å². The van der Waals surface area contributed by atoms with E-state index in [1.54, 1.807) is 24.3 Å². The molecule has 1 heterocycles. The van der Waals surface area contributed by atoms with E-state index in [4.69, 9.17) is 4.74 Å². The Morgan fingerprint density at radius 1 is 0.839 bits per heavy atom. The number of para-hydroxylation sites is 1. The van der Waals surface area contributed by atoms with Crippen LogP contribution in [0.5, 0.6) is 11.5 Å². The van der Waals surface area contributed by atoms with Crippen LogP contribution in [0.1, 0.15) is 13.3 Å². The summed E-state index contributed by atoms with van der Waals surface area (Å²) < 4.78 is 6.15. The van der Waals surface area contributed by atoms with Gasteiger partial charge in [-0.25, -0.2) is 0 Å². The standard InChI is InChI=1S/C27H23NO3/c1-18-8-7-12-23-25(18)27(30)28(26(23)29)20-14-16-21(17-15-20)31-24-13-6-5-11-22(24)19-9-3-2-4-10-19/h2-11,13-18,23,25H,12H2,1H3/t18-,23+,25-/m1/s1. The molecule has 0 saturated carbocycles. The van der Waals surface area contributed by atoms with Crippen molar-refractivity contribution in [1.82, 2.24) is 0 Å². The highest BCUT2D eigenvalue weighted by molar-refractivity contribution is 6.22. The molecular weight excluding hydrogens is 386 g/mol. The summed E-state index contributed by atoms with van der Waals surface area (Å²) in [7, 11) is 0. The van der Waals surface area contributed by atoms with E-state index in [1.807, 2.05) is 73.7 Å². The van der Waals surface area contributed by atoms with Gasteiger partial charge in [0.25, 0.3) is 0 Å². The van der Waals surface area contributed by atoms with Crippen LogP contribution in [-0.4, -0.2) is 11.8 Å². The number of carbonyl (C=O) groups excluding carboxylic acids is 2. The Kier molecular flexibility index (Phi) is 4.91. The predicted octanol–water partition coefficient (Wildman–Crippen LogP) is 5.85. The number of hydrogen-bond donors (Lipinski definition) is 0. The third kappa shape index (κ3) is 3.44. The Morgan fingerprint density at radius 3 is 2.29 bits per heavy atom. The molecule has 3 aromatic carbocycles. The molecule has 4 heteroatoms. The molecule has 1 fully saturated rings. The van der Waals surface area contributed by atoms with Crippen LogP contribution in [-0.2, 0) is 9.59 Å². The second kappa shape index (κ2) is 7.88. The first kappa shape index (κ1) is 19.3. The lowest BCUT2D eigenvalue weighted by Gasteiger charge is -2.22. The van der Waals surface area contributed by atoms with Gasteiger partial charge in [0.1, 0.15) is 11.5 Å². The molecule has 1 aliphatic carbocycles. The first-order valence-corrected chi connectivity index (χ1v) is 10.6. The molecule has 1 saturated heterocycles. The smallest absolute Gasteiger partial charge is 0.238 e. The summed E-state index contributed by atoms with van der Waals surface area (Å²) in [6.45, 7) is 2.00. The number of ether oxygens (including phenoxy) is 1. The fraction of sp³-hybridized carbons (Fsp3) is 0.185. The quantitative estimate of drug-likeness (QED) is 0.401. The minimum absolute atomic E-state index is 0.0808. The van der Waals surface area contributed by atoms with Crippen molar-refractivity contribution in [2.45, 2.75) is 13.3 Å². The summed E-state index contributed by atoms with van der Waals surface area (Å²) in [5.41, 5.74) is 2.68. The largest absolute Gasteiger partial charge is 0.457 e. The van der Waals surface area contributed by atoms with Gasteiger partial charge in [-0.1, -0.05) is 67.6 Å². The van der Waals surface area contributed by atoms with Gasteiger partial charge in [0, 0.05) is 5.56 Å². The summed E-state index contributed by atoms with van der Waals surface area (Å²) >= 11 is 0. The van der Waals surface area contributed by atoms with Crippen molar-refractivity contribution in [3.05, 3.63) is 91.0 Å². The fourth-order valence-corrected chi connectivity index (χ4v) is 4.60. The van der Waals surface area contributed by atoms with Crippen LogP contribution in [0.25, 0.3) is 11.1 Å². The summed E-state index contributed by atoms with van der Waals surface area (Å²) in [6.07, 6.45) is 4.69. The molecule has 0 radical (unpaired) electrons. The third-order valence-electron chi connectivity index (χ3n) is 6.17. The number of benzene rings is 3. The summed E-state index contributed by atoms with van der Waals surface area (Å²) in [5, 5.41) is 0. The van der Waals surface area contributed by atoms with Gasteiger partial charge in [-0.05, 0) is 48.2 Å². The molecule has 0 bridgehead atoms. The molecule has 3 aromatic rings. The van der Waals surface area contributed by atoms with Gasteiger partial charge in [-0.3, -0.25) is 14.5 Å². The summed E-state index contributed by atoms with van der Waals surface area (Å²) in [4.78, 5) is 27.2. The monoisotopic (exact) mass is 409 g/mol. The zero-order valence-electron chi connectivity index (χ0n) is 17.3. The molecule has 3 atom stereocenters. The topological polar surface area (TPSA) is 46.6 Å². The van der Waals surface area contributed by atoms with E-state index in [9.17, 15) is 9.59 Å². The number of anilines is 1. The van der Waals surface area contributed by atoms with Gasteiger partial charge >= 0.3 is 0 Å². The molecule has 0 aromatic heterocycles. The number of nitrogens with zero attached hydrogens (tertiary/aromatic N) is 1. The maximum Gasteiger partial charge on any atom is 0.238 e. The molecule has 154 valence electrons. The van der Waals surface area contributed by atoms with E-state index >= 15 is 0 Å². The van der Waals surface area contributed by atoms with Crippen molar-refractivity contribution >= 4 is 17.5 Å². The minimum Gasteiger partial charge on any atom is -0.457 e. The van der Waals surface area contributed by atoms with Crippen LogP contribution in [0, 0.1) is 17.8 Å². The van der Waals surface area contributed by atoms with Crippen LogP contribution < -0.4 is 9.64 Å². The molecule has 5 rings (SSSR count). The third-order valence-corrected chi connectivity index (χ3v) is 6.17. The Bertz CT molecular complexity index is 1150. The van der Waals surface area contributed by atoms with Gasteiger partial charge in [0.2, 0.25) is 11.8 Å². The van der Waals surface area contributed by atoms with E-state index in [1.165, 1.54) is 4.90 Å². The Hall–Kier alpha value is -3.66. The highest BCUT2D eigenvalue weighted by atomic mass is 16.5.